The summed E-state index contributed by atoms with van der Waals surface area (Å²) in [4.78, 5) is 11.7. The average molecular weight is 285 g/mol. The van der Waals surface area contributed by atoms with Gasteiger partial charge in [-0.25, -0.2) is 0 Å². The lowest BCUT2D eigenvalue weighted by atomic mass is 10.2. The van der Waals surface area contributed by atoms with E-state index in [9.17, 15) is 4.79 Å². The van der Waals surface area contributed by atoms with Crippen molar-refractivity contribution in [2.45, 2.75) is 13.5 Å². The molecule has 110 valence electrons. The number of ether oxygens (including phenoxy) is 2. The summed E-state index contributed by atoms with van der Waals surface area (Å²) in [5, 5.41) is 2.82. The molecule has 0 saturated heterocycles. The van der Waals surface area contributed by atoms with Crippen molar-refractivity contribution in [1.29, 1.82) is 0 Å². The van der Waals surface area contributed by atoms with Gasteiger partial charge in [0.25, 0.3) is 5.91 Å². The molecule has 1 amide bonds. The Morgan fingerprint density at radius 1 is 1.10 bits per heavy atom. The van der Waals surface area contributed by atoms with Crippen molar-refractivity contribution in [3.05, 3.63) is 59.7 Å². The van der Waals surface area contributed by atoms with E-state index in [0.717, 1.165) is 16.9 Å². The van der Waals surface area contributed by atoms with Gasteiger partial charge in [-0.2, -0.15) is 0 Å². The molecule has 0 aromatic heterocycles. The highest BCUT2D eigenvalue weighted by atomic mass is 16.5. The fraction of sp³-hybridized carbons (Fsp3) is 0.235. The zero-order chi connectivity index (χ0) is 15.1. The maximum atomic E-state index is 11.7. The fourth-order valence-corrected chi connectivity index (χ4v) is 1.85. The van der Waals surface area contributed by atoms with Gasteiger partial charge < -0.3 is 14.8 Å². The van der Waals surface area contributed by atoms with Gasteiger partial charge in [0.1, 0.15) is 11.5 Å². The van der Waals surface area contributed by atoms with E-state index >= 15 is 0 Å². The lowest BCUT2D eigenvalue weighted by molar-refractivity contribution is -0.123. The van der Waals surface area contributed by atoms with Crippen molar-refractivity contribution in [2.24, 2.45) is 0 Å². The van der Waals surface area contributed by atoms with Crippen molar-refractivity contribution in [3.8, 4) is 11.5 Å². The number of benzene rings is 2. The molecule has 0 heterocycles. The lowest BCUT2D eigenvalue weighted by Crippen LogP contribution is -2.28. The highest BCUT2D eigenvalue weighted by Gasteiger charge is 2.03. The molecule has 0 aliphatic rings. The number of carbonyl (C=O) groups is 1. The Hall–Kier alpha value is -2.49. The van der Waals surface area contributed by atoms with Gasteiger partial charge in [-0.15, -0.1) is 0 Å². The molecule has 4 heteroatoms. The topological polar surface area (TPSA) is 47.6 Å². The van der Waals surface area contributed by atoms with Crippen molar-refractivity contribution in [3.63, 3.8) is 0 Å². The van der Waals surface area contributed by atoms with Crippen LogP contribution in [0.1, 0.15) is 11.1 Å². The van der Waals surface area contributed by atoms with Gasteiger partial charge in [0.05, 0.1) is 7.11 Å². The minimum atomic E-state index is -0.146. The second-order valence-electron chi connectivity index (χ2n) is 4.73. The molecule has 21 heavy (non-hydrogen) atoms. The van der Waals surface area contributed by atoms with Crippen LogP contribution in [-0.2, 0) is 11.3 Å². The van der Waals surface area contributed by atoms with Gasteiger partial charge >= 0.3 is 0 Å². The number of hydrogen-bond donors (Lipinski definition) is 1. The van der Waals surface area contributed by atoms with Crippen molar-refractivity contribution >= 4 is 5.91 Å². The molecule has 0 aliphatic heterocycles. The first-order valence-electron chi connectivity index (χ1n) is 6.76. The zero-order valence-corrected chi connectivity index (χ0v) is 12.3. The quantitative estimate of drug-likeness (QED) is 0.887. The van der Waals surface area contributed by atoms with E-state index in [1.807, 2.05) is 55.5 Å². The molecule has 0 saturated carbocycles. The van der Waals surface area contributed by atoms with Crippen molar-refractivity contribution in [1.82, 2.24) is 5.32 Å². The fourth-order valence-electron chi connectivity index (χ4n) is 1.85. The zero-order valence-electron chi connectivity index (χ0n) is 12.3. The van der Waals surface area contributed by atoms with Crippen LogP contribution in [-0.4, -0.2) is 19.6 Å². The number of hydrogen-bond acceptors (Lipinski definition) is 3. The maximum absolute atomic E-state index is 11.7. The first-order valence-corrected chi connectivity index (χ1v) is 6.76. The molecule has 0 aliphatic carbocycles. The highest BCUT2D eigenvalue weighted by molar-refractivity contribution is 5.77. The number of amides is 1. The predicted molar refractivity (Wildman–Crippen MR) is 81.5 cm³/mol. The van der Waals surface area contributed by atoms with E-state index in [1.54, 1.807) is 7.11 Å². The van der Waals surface area contributed by atoms with Crippen LogP contribution in [0.15, 0.2) is 48.5 Å². The van der Waals surface area contributed by atoms with E-state index in [0.29, 0.717) is 12.3 Å². The monoisotopic (exact) mass is 285 g/mol. The molecule has 2 rings (SSSR count). The number of rotatable bonds is 6. The minimum Gasteiger partial charge on any atom is -0.497 e. The van der Waals surface area contributed by atoms with Crippen molar-refractivity contribution in [2.75, 3.05) is 13.7 Å². The van der Waals surface area contributed by atoms with Crippen LogP contribution in [0.4, 0.5) is 0 Å². The summed E-state index contributed by atoms with van der Waals surface area (Å²) in [6, 6.07) is 15.2. The Bertz CT molecular complexity index is 593. The van der Waals surface area contributed by atoms with E-state index in [4.69, 9.17) is 9.47 Å². The largest absolute Gasteiger partial charge is 0.497 e. The Balaban J connectivity index is 1.76. The van der Waals surface area contributed by atoms with Crippen LogP contribution in [0.3, 0.4) is 0 Å². The van der Waals surface area contributed by atoms with Crippen LogP contribution in [0, 0.1) is 6.92 Å². The second-order valence-corrected chi connectivity index (χ2v) is 4.73. The molecule has 2 aromatic rings. The molecular formula is C17H19NO3. The van der Waals surface area contributed by atoms with E-state index in [1.165, 1.54) is 0 Å². The summed E-state index contributed by atoms with van der Waals surface area (Å²) < 4.78 is 10.5. The van der Waals surface area contributed by atoms with Crippen LogP contribution < -0.4 is 14.8 Å². The third-order valence-corrected chi connectivity index (χ3v) is 3.01. The standard InChI is InChI=1S/C17H19NO3/c1-13-4-3-5-16(10-13)21-12-17(19)18-11-14-6-8-15(20-2)9-7-14/h3-10H,11-12H2,1-2H3,(H,18,19). The molecule has 0 bridgehead atoms. The molecule has 0 atom stereocenters. The summed E-state index contributed by atoms with van der Waals surface area (Å²) in [6.45, 7) is 2.47. The Labute approximate surface area is 124 Å². The molecular weight excluding hydrogens is 266 g/mol. The average Bonchev–Trinajstić information content (AvgIpc) is 2.51. The third-order valence-electron chi connectivity index (χ3n) is 3.01. The van der Waals surface area contributed by atoms with Crippen LogP contribution in [0.5, 0.6) is 11.5 Å². The van der Waals surface area contributed by atoms with E-state index in [2.05, 4.69) is 5.32 Å². The minimum absolute atomic E-state index is 0.0135. The SMILES string of the molecule is COc1ccc(CNC(=O)COc2cccc(C)c2)cc1. The molecule has 0 radical (unpaired) electrons. The van der Waals surface area contributed by atoms with Gasteiger partial charge in [-0.3, -0.25) is 4.79 Å². The summed E-state index contributed by atoms with van der Waals surface area (Å²) in [6.07, 6.45) is 0. The highest BCUT2D eigenvalue weighted by Crippen LogP contribution is 2.12. The molecule has 0 unspecified atom stereocenters. The van der Waals surface area contributed by atoms with Crippen LogP contribution in [0.25, 0.3) is 0 Å². The lowest BCUT2D eigenvalue weighted by Gasteiger charge is -2.08. The van der Waals surface area contributed by atoms with E-state index in [-0.39, 0.29) is 12.5 Å². The molecule has 4 nitrogen and oxygen atoms in total. The van der Waals surface area contributed by atoms with Gasteiger partial charge in [0.2, 0.25) is 0 Å². The van der Waals surface area contributed by atoms with Gasteiger partial charge in [0.15, 0.2) is 6.61 Å². The first-order chi connectivity index (χ1) is 10.2. The Kier molecular flexibility index (Phi) is 5.21. The normalized spacial score (nSPS) is 10.0. The van der Waals surface area contributed by atoms with Crippen LogP contribution in [0.2, 0.25) is 0 Å². The van der Waals surface area contributed by atoms with Crippen LogP contribution >= 0.6 is 0 Å². The molecule has 0 fully saturated rings. The van der Waals surface area contributed by atoms with Crippen molar-refractivity contribution < 1.29 is 14.3 Å². The number of aryl methyl sites for hydroxylation is 1. The first kappa shape index (κ1) is 14.9. The second kappa shape index (κ2) is 7.33. The molecule has 0 spiro atoms. The maximum Gasteiger partial charge on any atom is 0.258 e. The van der Waals surface area contributed by atoms with E-state index < -0.39 is 0 Å². The predicted octanol–water partition coefficient (Wildman–Crippen LogP) is 2.70. The smallest absolute Gasteiger partial charge is 0.258 e. The summed E-state index contributed by atoms with van der Waals surface area (Å²) in [5.41, 5.74) is 2.12. The summed E-state index contributed by atoms with van der Waals surface area (Å²) in [5.74, 6) is 1.36. The number of nitrogens with one attached hydrogen (secondary N) is 1. The van der Waals surface area contributed by atoms with Gasteiger partial charge in [0, 0.05) is 6.54 Å². The number of carbonyl (C=O) groups excluding carboxylic acids is 1. The Morgan fingerprint density at radius 3 is 2.52 bits per heavy atom. The van der Waals surface area contributed by atoms with Gasteiger partial charge in [-0.05, 0) is 42.3 Å². The molecule has 2 aromatic carbocycles. The summed E-state index contributed by atoms with van der Waals surface area (Å²) >= 11 is 0. The van der Waals surface area contributed by atoms with Gasteiger partial charge in [-0.1, -0.05) is 24.3 Å². The number of methoxy groups -OCH3 is 1. The third kappa shape index (κ3) is 4.84. The summed E-state index contributed by atoms with van der Waals surface area (Å²) in [7, 11) is 1.62. The molecule has 1 N–H and O–H groups in total. The Morgan fingerprint density at radius 2 is 1.86 bits per heavy atom.